The number of hydrogen-bond donors (Lipinski definition) is 1. The maximum Gasteiger partial charge on any atom is 0.125 e. The summed E-state index contributed by atoms with van der Waals surface area (Å²) in [6.07, 6.45) is 3.51. The van der Waals surface area contributed by atoms with Gasteiger partial charge in [-0.1, -0.05) is 18.2 Å². The molecule has 0 radical (unpaired) electrons. The normalized spacial score (nSPS) is 12.5. The number of pyridine rings is 1. The van der Waals surface area contributed by atoms with E-state index in [9.17, 15) is 0 Å². The van der Waals surface area contributed by atoms with Crippen LogP contribution in [0.3, 0.4) is 0 Å². The topological polar surface area (TPSA) is 38.1 Å². The first-order chi connectivity index (χ1) is 8.84. The van der Waals surface area contributed by atoms with Crippen LogP contribution in [0.2, 0.25) is 0 Å². The Balaban J connectivity index is 1.95. The molecule has 3 nitrogen and oxygen atoms in total. The number of nitrogens with zero attached hydrogens (tertiary/aromatic N) is 1. The van der Waals surface area contributed by atoms with Gasteiger partial charge in [-0.05, 0) is 31.2 Å². The molecular weight excluding hydrogens is 224 g/mol. The zero-order valence-electron chi connectivity index (χ0n) is 10.1. The predicted molar refractivity (Wildman–Crippen MR) is 72.5 cm³/mol. The van der Waals surface area contributed by atoms with Crippen LogP contribution in [0.15, 0.2) is 59.3 Å². The molecule has 0 saturated carbocycles. The monoisotopic (exact) mass is 238 g/mol. The summed E-state index contributed by atoms with van der Waals surface area (Å²) in [5.41, 5.74) is 2.07. The van der Waals surface area contributed by atoms with Crippen molar-refractivity contribution in [3.05, 3.63) is 60.7 Å². The summed E-state index contributed by atoms with van der Waals surface area (Å²) in [5.74, 6) is 0.927. The largest absolute Gasteiger partial charge is 0.467 e. The van der Waals surface area contributed by atoms with Crippen LogP contribution < -0.4 is 5.32 Å². The Kier molecular flexibility index (Phi) is 2.73. The van der Waals surface area contributed by atoms with Crippen LogP contribution in [0, 0.1) is 0 Å². The van der Waals surface area contributed by atoms with Gasteiger partial charge in [-0.15, -0.1) is 0 Å². The number of benzene rings is 1. The standard InChI is InChI=1S/C15H14N2O/c1-11(15-7-4-10-18-15)17-14-8-9-16-13-6-3-2-5-12(13)14/h2-11H,1H3,(H,16,17). The molecule has 2 heterocycles. The van der Waals surface area contributed by atoms with Crippen LogP contribution in [0.1, 0.15) is 18.7 Å². The molecule has 18 heavy (non-hydrogen) atoms. The fourth-order valence-electron chi connectivity index (χ4n) is 2.06. The van der Waals surface area contributed by atoms with E-state index in [2.05, 4.69) is 23.3 Å². The number of furan rings is 1. The Bertz CT molecular complexity index is 641. The molecule has 1 N–H and O–H groups in total. The molecule has 3 aromatic rings. The summed E-state index contributed by atoms with van der Waals surface area (Å²) in [6.45, 7) is 2.08. The van der Waals surface area contributed by atoms with Crippen molar-refractivity contribution in [2.24, 2.45) is 0 Å². The molecule has 0 aliphatic carbocycles. The lowest BCUT2D eigenvalue weighted by Crippen LogP contribution is -2.06. The molecular formula is C15H14N2O. The third kappa shape index (κ3) is 1.95. The van der Waals surface area contributed by atoms with E-state index in [-0.39, 0.29) is 6.04 Å². The highest BCUT2D eigenvalue weighted by Crippen LogP contribution is 2.25. The van der Waals surface area contributed by atoms with Gasteiger partial charge in [-0.25, -0.2) is 0 Å². The van der Waals surface area contributed by atoms with Crippen molar-refractivity contribution in [3.63, 3.8) is 0 Å². The summed E-state index contributed by atoms with van der Waals surface area (Å²) in [6, 6.07) is 14.1. The lowest BCUT2D eigenvalue weighted by Gasteiger charge is -2.14. The van der Waals surface area contributed by atoms with Crippen LogP contribution >= 0.6 is 0 Å². The highest BCUT2D eigenvalue weighted by atomic mass is 16.3. The van der Waals surface area contributed by atoms with Crippen molar-refractivity contribution in [3.8, 4) is 0 Å². The molecule has 0 fully saturated rings. The van der Waals surface area contributed by atoms with Gasteiger partial charge >= 0.3 is 0 Å². The molecule has 1 atom stereocenters. The lowest BCUT2D eigenvalue weighted by atomic mass is 10.1. The van der Waals surface area contributed by atoms with Gasteiger partial charge in [0.2, 0.25) is 0 Å². The second kappa shape index (κ2) is 4.53. The summed E-state index contributed by atoms with van der Waals surface area (Å²) >= 11 is 0. The second-order valence-electron chi connectivity index (χ2n) is 4.26. The molecule has 0 aliphatic rings. The number of rotatable bonds is 3. The van der Waals surface area contributed by atoms with Gasteiger partial charge in [-0.3, -0.25) is 4.98 Å². The van der Waals surface area contributed by atoms with Crippen molar-refractivity contribution in [1.82, 2.24) is 4.98 Å². The first-order valence-corrected chi connectivity index (χ1v) is 5.98. The van der Waals surface area contributed by atoms with E-state index in [0.717, 1.165) is 22.4 Å². The molecule has 0 aliphatic heterocycles. The molecule has 3 rings (SSSR count). The molecule has 0 bridgehead atoms. The van der Waals surface area contributed by atoms with Crippen molar-refractivity contribution in [1.29, 1.82) is 0 Å². The fourth-order valence-corrected chi connectivity index (χ4v) is 2.06. The van der Waals surface area contributed by atoms with E-state index in [1.165, 1.54) is 0 Å². The zero-order chi connectivity index (χ0) is 12.4. The molecule has 1 unspecified atom stereocenters. The maximum atomic E-state index is 5.40. The Labute approximate surface area is 105 Å². The average molecular weight is 238 g/mol. The summed E-state index contributed by atoms with van der Waals surface area (Å²) in [5, 5.41) is 4.58. The lowest BCUT2D eigenvalue weighted by molar-refractivity contribution is 0.491. The van der Waals surface area contributed by atoms with Crippen molar-refractivity contribution < 1.29 is 4.42 Å². The summed E-state index contributed by atoms with van der Waals surface area (Å²) in [4.78, 5) is 4.35. The van der Waals surface area contributed by atoms with Gasteiger partial charge in [0, 0.05) is 17.3 Å². The fraction of sp³-hybridized carbons (Fsp3) is 0.133. The molecule has 3 heteroatoms. The number of aromatic nitrogens is 1. The van der Waals surface area contributed by atoms with Gasteiger partial charge in [0.15, 0.2) is 0 Å². The molecule has 2 aromatic heterocycles. The highest BCUT2D eigenvalue weighted by molar-refractivity contribution is 5.90. The third-order valence-electron chi connectivity index (χ3n) is 2.99. The quantitative estimate of drug-likeness (QED) is 0.749. The smallest absolute Gasteiger partial charge is 0.125 e. The number of hydrogen-bond acceptors (Lipinski definition) is 3. The van der Waals surface area contributed by atoms with E-state index in [4.69, 9.17) is 4.42 Å². The van der Waals surface area contributed by atoms with Gasteiger partial charge in [0.25, 0.3) is 0 Å². The number of para-hydroxylation sites is 1. The van der Waals surface area contributed by atoms with Crippen molar-refractivity contribution in [2.75, 3.05) is 5.32 Å². The second-order valence-corrected chi connectivity index (χ2v) is 4.26. The van der Waals surface area contributed by atoms with Crippen LogP contribution in [0.5, 0.6) is 0 Å². The van der Waals surface area contributed by atoms with Crippen molar-refractivity contribution in [2.45, 2.75) is 13.0 Å². The molecule has 0 amide bonds. The van der Waals surface area contributed by atoms with Crippen molar-refractivity contribution >= 4 is 16.6 Å². The molecule has 90 valence electrons. The van der Waals surface area contributed by atoms with Crippen LogP contribution in [0.4, 0.5) is 5.69 Å². The minimum Gasteiger partial charge on any atom is -0.467 e. The van der Waals surface area contributed by atoms with Gasteiger partial charge in [-0.2, -0.15) is 0 Å². The van der Waals surface area contributed by atoms with Crippen LogP contribution in [-0.2, 0) is 0 Å². The zero-order valence-corrected chi connectivity index (χ0v) is 10.1. The summed E-state index contributed by atoms with van der Waals surface area (Å²) < 4.78 is 5.40. The molecule has 0 saturated heterocycles. The third-order valence-corrected chi connectivity index (χ3v) is 2.99. The minimum absolute atomic E-state index is 0.130. The number of nitrogens with one attached hydrogen (secondary N) is 1. The maximum absolute atomic E-state index is 5.40. The van der Waals surface area contributed by atoms with Crippen LogP contribution in [0.25, 0.3) is 10.9 Å². The van der Waals surface area contributed by atoms with E-state index in [1.54, 1.807) is 6.26 Å². The average Bonchev–Trinajstić information content (AvgIpc) is 2.93. The van der Waals surface area contributed by atoms with E-state index < -0.39 is 0 Å². The van der Waals surface area contributed by atoms with E-state index in [0.29, 0.717) is 0 Å². The van der Waals surface area contributed by atoms with Gasteiger partial charge < -0.3 is 9.73 Å². The Morgan fingerprint density at radius 2 is 2.00 bits per heavy atom. The van der Waals surface area contributed by atoms with Gasteiger partial charge in [0.05, 0.1) is 17.8 Å². The first kappa shape index (κ1) is 10.8. The molecule has 0 spiro atoms. The Hall–Kier alpha value is -2.29. The Morgan fingerprint density at radius 3 is 2.83 bits per heavy atom. The van der Waals surface area contributed by atoms with E-state index in [1.807, 2.05) is 42.6 Å². The SMILES string of the molecule is CC(Nc1ccnc2ccccc12)c1ccco1. The predicted octanol–water partition coefficient (Wildman–Crippen LogP) is 4.00. The number of anilines is 1. The summed E-state index contributed by atoms with van der Waals surface area (Å²) in [7, 11) is 0. The molecule has 1 aromatic carbocycles. The number of fused-ring (bicyclic) bond motifs is 1. The van der Waals surface area contributed by atoms with Gasteiger partial charge in [0.1, 0.15) is 5.76 Å². The van der Waals surface area contributed by atoms with Crippen LogP contribution in [-0.4, -0.2) is 4.98 Å². The highest BCUT2D eigenvalue weighted by Gasteiger charge is 2.09. The van der Waals surface area contributed by atoms with E-state index >= 15 is 0 Å². The minimum atomic E-state index is 0.130. The Morgan fingerprint density at radius 1 is 1.11 bits per heavy atom. The first-order valence-electron chi connectivity index (χ1n) is 5.98.